The van der Waals surface area contributed by atoms with E-state index in [1.165, 1.54) is 36.4 Å². The van der Waals surface area contributed by atoms with Crippen molar-refractivity contribution in [3.63, 3.8) is 0 Å². The molecular weight excluding hydrogens is 368 g/mol. The maximum atomic E-state index is 14.0. The molecule has 0 unspecified atom stereocenters. The van der Waals surface area contributed by atoms with Crippen molar-refractivity contribution in [3.05, 3.63) is 59.7 Å². The molecule has 1 saturated heterocycles. The van der Waals surface area contributed by atoms with Gasteiger partial charge < -0.3 is 15.4 Å². The summed E-state index contributed by atoms with van der Waals surface area (Å²) >= 11 is 0. The molecule has 0 bridgehead atoms. The van der Waals surface area contributed by atoms with Crippen molar-refractivity contribution in [2.45, 2.75) is 6.42 Å². The number of nitrogens with zero attached hydrogens (tertiary/aromatic N) is 1. The normalized spacial score (nSPS) is 14.5. The fourth-order valence-electron chi connectivity index (χ4n) is 2.80. The first-order chi connectivity index (χ1) is 13.5. The second-order valence-corrected chi connectivity index (χ2v) is 6.41. The van der Waals surface area contributed by atoms with E-state index in [4.69, 9.17) is 4.74 Å². The number of anilines is 2. The minimum Gasteiger partial charge on any atom is -0.379 e. The molecule has 148 valence electrons. The molecule has 1 heterocycles. The lowest BCUT2D eigenvalue weighted by Gasteiger charge is -2.26. The average molecular weight is 389 g/mol. The number of hydrogen-bond acceptors (Lipinski definition) is 4. The highest BCUT2D eigenvalue weighted by atomic mass is 19.1. The third-order valence-corrected chi connectivity index (χ3v) is 4.36. The molecule has 2 amide bonds. The minimum atomic E-state index is -0.598. The zero-order chi connectivity index (χ0) is 19.9. The van der Waals surface area contributed by atoms with Crippen LogP contribution in [0.25, 0.3) is 0 Å². The maximum absolute atomic E-state index is 14.0. The van der Waals surface area contributed by atoms with Crippen molar-refractivity contribution in [1.82, 2.24) is 4.90 Å². The summed E-state index contributed by atoms with van der Waals surface area (Å²) in [6.45, 7) is 3.40. The minimum absolute atomic E-state index is 0.0103. The van der Waals surface area contributed by atoms with Crippen LogP contribution in [0.3, 0.4) is 0 Å². The molecule has 0 aliphatic carbocycles. The Morgan fingerprint density at radius 2 is 1.71 bits per heavy atom. The van der Waals surface area contributed by atoms with Gasteiger partial charge in [0.2, 0.25) is 5.91 Å². The van der Waals surface area contributed by atoms with Gasteiger partial charge in [0, 0.05) is 37.3 Å². The molecule has 1 fully saturated rings. The van der Waals surface area contributed by atoms with Gasteiger partial charge in [-0.3, -0.25) is 14.5 Å². The maximum Gasteiger partial charge on any atom is 0.255 e. The Labute approximate surface area is 161 Å². The highest BCUT2D eigenvalue weighted by Gasteiger charge is 2.14. The van der Waals surface area contributed by atoms with Gasteiger partial charge in [-0.2, -0.15) is 0 Å². The molecule has 8 heteroatoms. The fourth-order valence-corrected chi connectivity index (χ4v) is 2.80. The van der Waals surface area contributed by atoms with Crippen LogP contribution in [0.2, 0.25) is 0 Å². The summed E-state index contributed by atoms with van der Waals surface area (Å²) in [5.74, 6) is -1.82. The number of hydrogen-bond donors (Lipinski definition) is 2. The molecule has 3 rings (SSSR count). The Kier molecular flexibility index (Phi) is 6.67. The summed E-state index contributed by atoms with van der Waals surface area (Å²) in [4.78, 5) is 26.4. The van der Waals surface area contributed by atoms with Gasteiger partial charge in [-0.1, -0.05) is 0 Å². The largest absolute Gasteiger partial charge is 0.379 e. The highest BCUT2D eigenvalue weighted by Crippen LogP contribution is 2.20. The SMILES string of the molecule is O=C(CCN1CCOCC1)Nc1cc(NC(=O)c2ccc(F)cc2)ccc1F. The van der Waals surface area contributed by atoms with Crippen molar-refractivity contribution < 1.29 is 23.1 Å². The second kappa shape index (κ2) is 9.38. The Balaban J connectivity index is 1.58. The van der Waals surface area contributed by atoms with Crippen LogP contribution in [-0.2, 0) is 9.53 Å². The molecule has 0 spiro atoms. The summed E-state index contributed by atoms with van der Waals surface area (Å²) in [6.07, 6.45) is 0.228. The van der Waals surface area contributed by atoms with Crippen LogP contribution in [-0.4, -0.2) is 49.6 Å². The lowest BCUT2D eigenvalue weighted by atomic mass is 10.2. The van der Waals surface area contributed by atoms with Gasteiger partial charge in [0.1, 0.15) is 11.6 Å². The highest BCUT2D eigenvalue weighted by molar-refractivity contribution is 6.04. The van der Waals surface area contributed by atoms with E-state index in [-0.39, 0.29) is 23.6 Å². The van der Waals surface area contributed by atoms with Crippen LogP contribution in [0.4, 0.5) is 20.2 Å². The van der Waals surface area contributed by atoms with Crippen molar-refractivity contribution in [3.8, 4) is 0 Å². The van der Waals surface area contributed by atoms with Crippen molar-refractivity contribution in [1.29, 1.82) is 0 Å². The van der Waals surface area contributed by atoms with Crippen molar-refractivity contribution in [2.24, 2.45) is 0 Å². The van der Waals surface area contributed by atoms with Gasteiger partial charge in [-0.15, -0.1) is 0 Å². The van der Waals surface area contributed by atoms with Crippen LogP contribution in [0.1, 0.15) is 16.8 Å². The summed E-state index contributed by atoms with van der Waals surface area (Å²) in [6, 6.07) is 8.96. The fraction of sp³-hybridized carbons (Fsp3) is 0.300. The van der Waals surface area contributed by atoms with Crippen LogP contribution < -0.4 is 10.6 Å². The smallest absolute Gasteiger partial charge is 0.255 e. The van der Waals surface area contributed by atoms with Crippen molar-refractivity contribution >= 4 is 23.2 Å². The Morgan fingerprint density at radius 1 is 1.00 bits per heavy atom. The van der Waals surface area contributed by atoms with E-state index in [1.807, 2.05) is 0 Å². The summed E-state index contributed by atoms with van der Waals surface area (Å²) in [5, 5.41) is 5.14. The summed E-state index contributed by atoms with van der Waals surface area (Å²) < 4.78 is 32.2. The van der Waals surface area contributed by atoms with Crippen LogP contribution >= 0.6 is 0 Å². The zero-order valence-corrected chi connectivity index (χ0v) is 15.2. The molecule has 1 aliphatic rings. The first-order valence-corrected chi connectivity index (χ1v) is 8.98. The van der Waals surface area contributed by atoms with E-state index < -0.39 is 17.5 Å². The molecule has 0 radical (unpaired) electrons. The molecule has 2 N–H and O–H groups in total. The molecule has 1 aliphatic heterocycles. The van der Waals surface area contributed by atoms with E-state index in [0.717, 1.165) is 19.2 Å². The monoisotopic (exact) mass is 389 g/mol. The number of amides is 2. The Morgan fingerprint density at radius 3 is 2.43 bits per heavy atom. The molecule has 0 atom stereocenters. The van der Waals surface area contributed by atoms with Gasteiger partial charge in [0.05, 0.1) is 18.9 Å². The average Bonchev–Trinajstić information content (AvgIpc) is 2.70. The predicted octanol–water partition coefficient (Wildman–Crippen LogP) is 2.88. The topological polar surface area (TPSA) is 70.7 Å². The molecule has 0 aromatic heterocycles. The number of halogens is 2. The third-order valence-electron chi connectivity index (χ3n) is 4.36. The summed E-state index contributed by atoms with van der Waals surface area (Å²) in [5.41, 5.74) is 0.574. The van der Waals surface area contributed by atoms with Crippen LogP contribution in [0.15, 0.2) is 42.5 Å². The van der Waals surface area contributed by atoms with Gasteiger partial charge in [0.25, 0.3) is 5.91 Å². The number of nitrogens with one attached hydrogen (secondary N) is 2. The standard InChI is InChI=1S/C20H21F2N3O3/c21-15-3-1-14(2-4-15)20(27)23-16-5-6-17(22)18(13-16)24-19(26)7-8-25-9-11-28-12-10-25/h1-6,13H,7-12H2,(H,23,27)(H,24,26). The van der Waals surface area contributed by atoms with Gasteiger partial charge in [-0.05, 0) is 42.5 Å². The van der Waals surface area contributed by atoms with E-state index in [2.05, 4.69) is 15.5 Å². The number of carbonyl (C=O) groups excluding carboxylic acids is 2. The molecule has 2 aromatic carbocycles. The third kappa shape index (κ3) is 5.58. The molecule has 2 aromatic rings. The van der Waals surface area contributed by atoms with E-state index in [1.54, 1.807) is 0 Å². The Hall–Kier alpha value is -2.84. The molecule has 6 nitrogen and oxygen atoms in total. The first-order valence-electron chi connectivity index (χ1n) is 8.98. The Bertz CT molecular complexity index is 837. The van der Waals surface area contributed by atoms with Gasteiger partial charge in [0.15, 0.2) is 0 Å². The van der Waals surface area contributed by atoms with E-state index in [0.29, 0.717) is 25.4 Å². The van der Waals surface area contributed by atoms with Gasteiger partial charge in [-0.25, -0.2) is 8.78 Å². The number of morpholine rings is 1. The predicted molar refractivity (Wildman–Crippen MR) is 101 cm³/mol. The van der Waals surface area contributed by atoms with E-state index in [9.17, 15) is 18.4 Å². The zero-order valence-electron chi connectivity index (χ0n) is 15.2. The molecule has 28 heavy (non-hydrogen) atoms. The second-order valence-electron chi connectivity index (χ2n) is 6.41. The molecular formula is C20H21F2N3O3. The first kappa shape index (κ1) is 19.9. The number of ether oxygens (including phenoxy) is 1. The lowest BCUT2D eigenvalue weighted by molar-refractivity contribution is -0.116. The van der Waals surface area contributed by atoms with Crippen LogP contribution in [0, 0.1) is 11.6 Å². The number of carbonyl (C=O) groups is 2. The number of benzene rings is 2. The van der Waals surface area contributed by atoms with Crippen molar-refractivity contribution in [2.75, 3.05) is 43.5 Å². The molecule has 0 saturated carbocycles. The van der Waals surface area contributed by atoms with Crippen LogP contribution in [0.5, 0.6) is 0 Å². The quantitative estimate of drug-likeness (QED) is 0.797. The number of rotatable bonds is 6. The van der Waals surface area contributed by atoms with Gasteiger partial charge >= 0.3 is 0 Å². The lowest BCUT2D eigenvalue weighted by Crippen LogP contribution is -2.38. The summed E-state index contributed by atoms with van der Waals surface area (Å²) in [7, 11) is 0. The van der Waals surface area contributed by atoms with E-state index >= 15 is 0 Å².